The lowest BCUT2D eigenvalue weighted by Crippen LogP contribution is -2.43. The van der Waals surface area contributed by atoms with Crippen LogP contribution in [0.4, 0.5) is 0 Å². The van der Waals surface area contributed by atoms with E-state index in [1.807, 2.05) is 24.3 Å². The Hall–Kier alpha value is -3.24. The molecule has 4 atom stereocenters. The topological polar surface area (TPSA) is 26.7 Å². The van der Waals surface area contributed by atoms with Gasteiger partial charge in [-0.25, -0.2) is 0 Å². The Balaban J connectivity index is 1.31. The second kappa shape index (κ2) is 12.7. The zero-order chi connectivity index (χ0) is 27.1. The predicted octanol–water partition coefficient (Wildman–Crippen LogP) is 6.60. The van der Waals surface area contributed by atoms with Gasteiger partial charge in [-0.1, -0.05) is 128 Å². The number of likely N-dealkylation sites (tertiary alicyclic amines) is 1. The SMILES string of the molecule is CC(CN(C)CC1CN(Cc2ccccc2)CC1c1ccccc1)C(O)(Cc1ccccc1)c1ccccc1. The second-order valence-electron chi connectivity index (χ2n) is 11.5. The van der Waals surface area contributed by atoms with E-state index in [1.165, 1.54) is 11.1 Å². The van der Waals surface area contributed by atoms with Crippen molar-refractivity contribution in [3.05, 3.63) is 144 Å². The Kier molecular flexibility index (Phi) is 8.93. The highest BCUT2D eigenvalue weighted by molar-refractivity contribution is 5.28. The van der Waals surface area contributed by atoms with E-state index in [9.17, 15) is 5.11 Å². The highest BCUT2D eigenvalue weighted by Crippen LogP contribution is 2.36. The molecule has 0 aliphatic carbocycles. The summed E-state index contributed by atoms with van der Waals surface area (Å²) in [5, 5.41) is 12.2. The molecule has 1 N–H and O–H groups in total. The van der Waals surface area contributed by atoms with Gasteiger partial charge in [0, 0.05) is 51.0 Å². The van der Waals surface area contributed by atoms with Gasteiger partial charge in [0.2, 0.25) is 0 Å². The zero-order valence-electron chi connectivity index (χ0n) is 23.4. The molecule has 1 saturated heterocycles. The van der Waals surface area contributed by atoms with E-state index in [2.05, 4.69) is 121 Å². The van der Waals surface area contributed by atoms with Crippen LogP contribution in [0.2, 0.25) is 0 Å². The molecule has 0 amide bonds. The van der Waals surface area contributed by atoms with Gasteiger partial charge in [0.1, 0.15) is 0 Å². The lowest BCUT2D eigenvalue weighted by Gasteiger charge is -2.38. The van der Waals surface area contributed by atoms with Crippen LogP contribution in [-0.4, -0.2) is 48.1 Å². The number of nitrogens with zero attached hydrogens (tertiary/aromatic N) is 2. The maximum atomic E-state index is 12.2. The van der Waals surface area contributed by atoms with Crippen molar-refractivity contribution in [1.29, 1.82) is 0 Å². The van der Waals surface area contributed by atoms with Crippen LogP contribution < -0.4 is 0 Å². The summed E-state index contributed by atoms with van der Waals surface area (Å²) in [6, 6.07) is 42.5. The summed E-state index contributed by atoms with van der Waals surface area (Å²) in [7, 11) is 2.23. The molecular formula is C36H42N2O. The molecule has 202 valence electrons. The van der Waals surface area contributed by atoms with Crippen molar-refractivity contribution < 1.29 is 5.11 Å². The maximum absolute atomic E-state index is 12.2. The lowest BCUT2D eigenvalue weighted by molar-refractivity contribution is -0.0287. The molecule has 0 radical (unpaired) electrons. The fourth-order valence-corrected chi connectivity index (χ4v) is 6.48. The Morgan fingerprint density at radius 2 is 1.31 bits per heavy atom. The molecule has 4 aromatic rings. The fourth-order valence-electron chi connectivity index (χ4n) is 6.48. The average Bonchev–Trinajstić information content (AvgIpc) is 3.36. The third-order valence-corrected chi connectivity index (χ3v) is 8.53. The average molecular weight is 519 g/mol. The summed E-state index contributed by atoms with van der Waals surface area (Å²) in [5.74, 6) is 1.10. The van der Waals surface area contributed by atoms with Gasteiger partial charge in [0.25, 0.3) is 0 Å². The Morgan fingerprint density at radius 3 is 1.92 bits per heavy atom. The third kappa shape index (κ3) is 6.86. The highest BCUT2D eigenvalue weighted by Gasteiger charge is 2.38. The Morgan fingerprint density at radius 1 is 0.769 bits per heavy atom. The van der Waals surface area contributed by atoms with Gasteiger partial charge >= 0.3 is 0 Å². The summed E-state index contributed by atoms with van der Waals surface area (Å²) >= 11 is 0. The van der Waals surface area contributed by atoms with Crippen LogP contribution in [0.3, 0.4) is 0 Å². The van der Waals surface area contributed by atoms with Crippen molar-refractivity contribution in [2.75, 3.05) is 33.2 Å². The minimum absolute atomic E-state index is 0.0575. The first-order valence-electron chi connectivity index (χ1n) is 14.3. The smallest absolute Gasteiger partial charge is 0.0974 e. The van der Waals surface area contributed by atoms with E-state index in [0.717, 1.165) is 43.9 Å². The standard InChI is InChI=1S/C36H42N2O/c1-29(36(39,34-21-13-6-14-22-34)23-30-15-7-3-8-16-30)24-37(2)26-33-27-38(25-31-17-9-4-10-18-31)28-35(33)32-19-11-5-12-20-32/h3-22,29,33,35,39H,23-28H2,1-2H3. The Labute approximate surface area is 234 Å². The maximum Gasteiger partial charge on any atom is 0.0974 e. The minimum atomic E-state index is -0.940. The van der Waals surface area contributed by atoms with Crippen molar-refractivity contribution >= 4 is 0 Å². The van der Waals surface area contributed by atoms with Crippen LogP contribution >= 0.6 is 0 Å². The normalized spacial score (nSPS) is 20.1. The summed E-state index contributed by atoms with van der Waals surface area (Å²) in [4.78, 5) is 5.07. The number of aliphatic hydroxyl groups is 1. The van der Waals surface area contributed by atoms with Gasteiger partial charge < -0.3 is 10.0 Å². The van der Waals surface area contributed by atoms with Gasteiger partial charge in [-0.2, -0.15) is 0 Å². The molecular weight excluding hydrogens is 476 g/mol. The van der Waals surface area contributed by atoms with Crippen molar-refractivity contribution in [1.82, 2.24) is 9.80 Å². The van der Waals surface area contributed by atoms with Gasteiger partial charge in [0.05, 0.1) is 5.60 Å². The molecule has 3 heteroatoms. The quantitative estimate of drug-likeness (QED) is 0.242. The van der Waals surface area contributed by atoms with E-state index >= 15 is 0 Å². The van der Waals surface area contributed by atoms with Gasteiger partial charge in [0.15, 0.2) is 0 Å². The molecule has 5 rings (SSSR count). The van der Waals surface area contributed by atoms with E-state index in [4.69, 9.17) is 0 Å². The molecule has 3 nitrogen and oxygen atoms in total. The fraction of sp³-hybridized carbons (Fsp3) is 0.333. The van der Waals surface area contributed by atoms with Crippen LogP contribution in [0.5, 0.6) is 0 Å². The van der Waals surface area contributed by atoms with Crippen LogP contribution in [0.25, 0.3) is 0 Å². The van der Waals surface area contributed by atoms with Crippen LogP contribution in [-0.2, 0) is 18.6 Å². The molecule has 1 heterocycles. The molecule has 0 bridgehead atoms. The second-order valence-corrected chi connectivity index (χ2v) is 11.5. The molecule has 1 aliphatic rings. The summed E-state index contributed by atoms with van der Waals surface area (Å²) in [5.41, 5.74) is 4.02. The van der Waals surface area contributed by atoms with Gasteiger partial charge in [-0.05, 0) is 35.2 Å². The molecule has 1 fully saturated rings. The highest BCUT2D eigenvalue weighted by atomic mass is 16.3. The first-order valence-corrected chi connectivity index (χ1v) is 14.3. The van der Waals surface area contributed by atoms with E-state index < -0.39 is 5.60 Å². The van der Waals surface area contributed by atoms with Crippen molar-refractivity contribution in [3.8, 4) is 0 Å². The molecule has 0 spiro atoms. The minimum Gasteiger partial charge on any atom is -0.384 e. The molecule has 39 heavy (non-hydrogen) atoms. The summed E-state index contributed by atoms with van der Waals surface area (Å²) < 4.78 is 0. The summed E-state index contributed by atoms with van der Waals surface area (Å²) in [6.45, 7) is 7.19. The zero-order valence-corrected chi connectivity index (χ0v) is 23.4. The van der Waals surface area contributed by atoms with Crippen LogP contribution in [0.15, 0.2) is 121 Å². The number of hydrogen-bond acceptors (Lipinski definition) is 3. The third-order valence-electron chi connectivity index (χ3n) is 8.53. The van der Waals surface area contributed by atoms with Gasteiger partial charge in [-0.15, -0.1) is 0 Å². The monoisotopic (exact) mass is 518 g/mol. The van der Waals surface area contributed by atoms with E-state index in [-0.39, 0.29) is 5.92 Å². The van der Waals surface area contributed by atoms with Crippen molar-refractivity contribution in [3.63, 3.8) is 0 Å². The molecule has 4 aromatic carbocycles. The van der Waals surface area contributed by atoms with Crippen molar-refractivity contribution in [2.45, 2.75) is 31.4 Å². The van der Waals surface area contributed by atoms with Crippen LogP contribution in [0, 0.1) is 11.8 Å². The molecule has 1 aliphatic heterocycles. The largest absolute Gasteiger partial charge is 0.384 e. The first-order chi connectivity index (χ1) is 19.0. The predicted molar refractivity (Wildman–Crippen MR) is 162 cm³/mol. The lowest BCUT2D eigenvalue weighted by atomic mass is 9.77. The number of hydrogen-bond donors (Lipinski definition) is 1. The molecule has 4 unspecified atom stereocenters. The summed E-state index contributed by atoms with van der Waals surface area (Å²) in [6.07, 6.45) is 0.605. The molecule has 0 saturated carbocycles. The van der Waals surface area contributed by atoms with E-state index in [1.54, 1.807) is 0 Å². The van der Waals surface area contributed by atoms with E-state index in [0.29, 0.717) is 18.3 Å². The van der Waals surface area contributed by atoms with Crippen molar-refractivity contribution in [2.24, 2.45) is 11.8 Å². The Bertz CT molecular complexity index is 1260. The number of benzene rings is 4. The van der Waals surface area contributed by atoms with Crippen LogP contribution in [0.1, 0.15) is 35.1 Å². The number of rotatable bonds is 11. The first kappa shape index (κ1) is 27.3. The van der Waals surface area contributed by atoms with Gasteiger partial charge in [-0.3, -0.25) is 4.90 Å². The molecule has 0 aromatic heterocycles.